The quantitative estimate of drug-likeness (QED) is 0.816. The smallest absolute Gasteiger partial charge is 0.224 e. The summed E-state index contributed by atoms with van der Waals surface area (Å²) in [6.45, 7) is 7.03. The highest BCUT2D eigenvalue weighted by Gasteiger charge is 2.01. The van der Waals surface area contributed by atoms with Gasteiger partial charge in [-0.15, -0.1) is 0 Å². The van der Waals surface area contributed by atoms with Crippen LogP contribution in [-0.4, -0.2) is 16.5 Å². The van der Waals surface area contributed by atoms with E-state index in [0.29, 0.717) is 17.6 Å². The van der Waals surface area contributed by atoms with Gasteiger partial charge in [0.05, 0.1) is 0 Å². The highest BCUT2D eigenvalue weighted by atomic mass is 15.1. The number of nitriles is 1. The average molecular weight is 204 g/mol. The number of nitrogens with zero attached hydrogens (tertiary/aromatic N) is 3. The molecule has 15 heavy (non-hydrogen) atoms. The number of hydrogen-bond donors (Lipinski definition) is 1. The first-order valence-corrected chi connectivity index (χ1v) is 5.11. The van der Waals surface area contributed by atoms with Crippen LogP contribution in [0.4, 0.5) is 5.95 Å². The van der Waals surface area contributed by atoms with Gasteiger partial charge in [-0.1, -0.05) is 13.8 Å². The lowest BCUT2D eigenvalue weighted by molar-refractivity contribution is 0.605. The van der Waals surface area contributed by atoms with E-state index < -0.39 is 0 Å². The summed E-state index contributed by atoms with van der Waals surface area (Å²) in [5.41, 5.74) is 1.23. The molecule has 0 saturated carbocycles. The van der Waals surface area contributed by atoms with Gasteiger partial charge in [0.25, 0.3) is 0 Å². The molecule has 0 aliphatic heterocycles. The molecule has 0 fully saturated rings. The van der Waals surface area contributed by atoms with Crippen molar-refractivity contribution in [1.29, 1.82) is 5.26 Å². The van der Waals surface area contributed by atoms with E-state index >= 15 is 0 Å². The van der Waals surface area contributed by atoms with Crippen LogP contribution in [-0.2, 0) is 0 Å². The molecule has 0 bridgehead atoms. The lowest BCUT2D eigenvalue weighted by Crippen LogP contribution is -2.08. The molecule has 0 aromatic carbocycles. The van der Waals surface area contributed by atoms with Gasteiger partial charge in [-0.25, -0.2) is 9.97 Å². The first-order valence-electron chi connectivity index (χ1n) is 5.11. The van der Waals surface area contributed by atoms with E-state index in [9.17, 15) is 0 Å². The molecule has 1 N–H and O–H groups in total. The topological polar surface area (TPSA) is 61.6 Å². The predicted molar refractivity (Wildman–Crippen MR) is 59.4 cm³/mol. The molecule has 0 unspecified atom stereocenters. The summed E-state index contributed by atoms with van der Waals surface area (Å²) in [5.74, 6) is 1.20. The van der Waals surface area contributed by atoms with Crippen molar-refractivity contribution in [2.24, 2.45) is 5.92 Å². The van der Waals surface area contributed by atoms with Gasteiger partial charge in [0.1, 0.15) is 11.8 Å². The molecule has 0 aliphatic rings. The third-order valence-electron chi connectivity index (χ3n) is 1.97. The summed E-state index contributed by atoms with van der Waals surface area (Å²) >= 11 is 0. The monoisotopic (exact) mass is 204 g/mol. The van der Waals surface area contributed by atoms with Crippen molar-refractivity contribution >= 4 is 5.95 Å². The highest BCUT2D eigenvalue weighted by Crippen LogP contribution is 2.05. The van der Waals surface area contributed by atoms with E-state index in [0.717, 1.165) is 18.7 Å². The van der Waals surface area contributed by atoms with Gasteiger partial charge in [-0.05, 0) is 25.3 Å². The summed E-state index contributed by atoms with van der Waals surface area (Å²) in [7, 11) is 0. The number of rotatable bonds is 4. The van der Waals surface area contributed by atoms with Gasteiger partial charge < -0.3 is 5.32 Å². The Labute approximate surface area is 90.4 Å². The largest absolute Gasteiger partial charge is 0.354 e. The Kier molecular flexibility index (Phi) is 4.04. The lowest BCUT2D eigenvalue weighted by Gasteiger charge is -2.07. The molecule has 0 aliphatic carbocycles. The van der Waals surface area contributed by atoms with Crippen molar-refractivity contribution in [1.82, 2.24) is 9.97 Å². The van der Waals surface area contributed by atoms with Crippen LogP contribution in [0.25, 0.3) is 0 Å². The van der Waals surface area contributed by atoms with E-state index in [1.165, 1.54) is 0 Å². The Morgan fingerprint density at radius 2 is 2.20 bits per heavy atom. The van der Waals surface area contributed by atoms with Gasteiger partial charge in [-0.2, -0.15) is 5.26 Å². The zero-order valence-corrected chi connectivity index (χ0v) is 9.41. The van der Waals surface area contributed by atoms with Crippen LogP contribution in [0.2, 0.25) is 0 Å². The predicted octanol–water partition coefficient (Wildman–Crippen LogP) is 2.11. The second-order valence-corrected chi connectivity index (χ2v) is 3.94. The van der Waals surface area contributed by atoms with E-state index in [-0.39, 0.29) is 0 Å². The van der Waals surface area contributed by atoms with E-state index in [1.54, 1.807) is 6.07 Å². The number of aromatic nitrogens is 2. The second-order valence-electron chi connectivity index (χ2n) is 3.94. The van der Waals surface area contributed by atoms with Crippen LogP contribution in [0.3, 0.4) is 0 Å². The van der Waals surface area contributed by atoms with Gasteiger partial charge in [0.2, 0.25) is 5.95 Å². The summed E-state index contributed by atoms with van der Waals surface area (Å²) < 4.78 is 0. The molecule has 80 valence electrons. The first kappa shape index (κ1) is 11.4. The average Bonchev–Trinajstić information content (AvgIpc) is 2.16. The third kappa shape index (κ3) is 3.94. The van der Waals surface area contributed by atoms with Crippen molar-refractivity contribution in [3.63, 3.8) is 0 Å². The molecule has 1 rings (SSSR count). The minimum atomic E-state index is 0.412. The van der Waals surface area contributed by atoms with Gasteiger partial charge in [0.15, 0.2) is 0 Å². The number of anilines is 1. The molecular formula is C11H16N4. The van der Waals surface area contributed by atoms with Crippen molar-refractivity contribution < 1.29 is 0 Å². The molecule has 4 heteroatoms. The molecule has 1 heterocycles. The fourth-order valence-electron chi connectivity index (χ4n) is 1.18. The van der Waals surface area contributed by atoms with Crippen molar-refractivity contribution in [3.05, 3.63) is 17.5 Å². The SMILES string of the molecule is Cc1cc(C#N)nc(NCCC(C)C)n1. The van der Waals surface area contributed by atoms with Crippen LogP contribution in [0.1, 0.15) is 31.7 Å². The highest BCUT2D eigenvalue weighted by molar-refractivity contribution is 5.32. The van der Waals surface area contributed by atoms with Crippen LogP contribution in [0.5, 0.6) is 0 Å². The lowest BCUT2D eigenvalue weighted by atomic mass is 10.1. The van der Waals surface area contributed by atoms with Crippen molar-refractivity contribution in [2.75, 3.05) is 11.9 Å². The maximum atomic E-state index is 8.73. The maximum absolute atomic E-state index is 8.73. The summed E-state index contributed by atoms with van der Waals surface area (Å²) in [6, 6.07) is 3.69. The normalized spacial score (nSPS) is 10.1. The molecule has 0 saturated heterocycles. The summed E-state index contributed by atoms with van der Waals surface area (Å²) in [5, 5.41) is 11.9. The molecule has 0 amide bonds. The van der Waals surface area contributed by atoms with Crippen molar-refractivity contribution in [3.8, 4) is 6.07 Å². The van der Waals surface area contributed by atoms with E-state index in [2.05, 4.69) is 29.1 Å². The second kappa shape index (κ2) is 5.30. The van der Waals surface area contributed by atoms with Crippen LogP contribution in [0, 0.1) is 24.2 Å². The number of nitrogens with one attached hydrogen (secondary N) is 1. The fourth-order valence-corrected chi connectivity index (χ4v) is 1.18. The Bertz CT molecular complexity index is 365. The van der Waals surface area contributed by atoms with Gasteiger partial charge in [0, 0.05) is 12.2 Å². The Balaban J connectivity index is 2.61. The minimum absolute atomic E-state index is 0.412. The van der Waals surface area contributed by atoms with Gasteiger partial charge >= 0.3 is 0 Å². The zero-order chi connectivity index (χ0) is 11.3. The number of aryl methyl sites for hydroxylation is 1. The Hall–Kier alpha value is -1.63. The van der Waals surface area contributed by atoms with Crippen LogP contribution < -0.4 is 5.32 Å². The zero-order valence-electron chi connectivity index (χ0n) is 9.41. The van der Waals surface area contributed by atoms with Crippen LogP contribution in [0.15, 0.2) is 6.07 Å². The fraction of sp³-hybridized carbons (Fsp3) is 0.545. The molecule has 1 aromatic heterocycles. The third-order valence-corrected chi connectivity index (χ3v) is 1.97. The minimum Gasteiger partial charge on any atom is -0.354 e. The Morgan fingerprint density at radius 3 is 2.80 bits per heavy atom. The van der Waals surface area contributed by atoms with Gasteiger partial charge in [-0.3, -0.25) is 0 Å². The maximum Gasteiger partial charge on any atom is 0.224 e. The summed E-state index contributed by atoms with van der Waals surface area (Å²) in [6.07, 6.45) is 1.07. The van der Waals surface area contributed by atoms with Crippen LogP contribution >= 0.6 is 0 Å². The molecule has 4 nitrogen and oxygen atoms in total. The molecule has 0 spiro atoms. The molecular weight excluding hydrogens is 188 g/mol. The van der Waals surface area contributed by atoms with E-state index in [4.69, 9.17) is 5.26 Å². The van der Waals surface area contributed by atoms with Crippen molar-refractivity contribution in [2.45, 2.75) is 27.2 Å². The molecule has 1 aromatic rings. The first-order chi connectivity index (χ1) is 7.11. The Morgan fingerprint density at radius 1 is 1.47 bits per heavy atom. The number of hydrogen-bond acceptors (Lipinski definition) is 4. The summed E-state index contributed by atoms with van der Waals surface area (Å²) in [4.78, 5) is 8.27. The molecule has 0 atom stereocenters. The molecule has 0 radical (unpaired) electrons. The standard InChI is InChI=1S/C11H16N4/c1-8(2)4-5-13-11-14-9(3)6-10(7-12)15-11/h6,8H,4-5H2,1-3H3,(H,13,14,15). The van der Waals surface area contributed by atoms with E-state index in [1.807, 2.05) is 13.0 Å².